The minimum absolute atomic E-state index is 0.315. The Morgan fingerprint density at radius 3 is 2.40 bits per heavy atom. The third-order valence-electron chi connectivity index (χ3n) is 3.39. The number of benzene rings is 1. The van der Waals surface area contributed by atoms with Gasteiger partial charge >= 0.3 is 0 Å². The van der Waals surface area contributed by atoms with E-state index < -0.39 is 0 Å². The number of rotatable bonds is 2. The summed E-state index contributed by atoms with van der Waals surface area (Å²) >= 11 is 0. The molecule has 4 heteroatoms. The topological polar surface area (TPSA) is 64.9 Å². The van der Waals surface area contributed by atoms with Gasteiger partial charge in [0.2, 0.25) is 5.88 Å². The Kier molecular flexibility index (Phi) is 2.99. The first kappa shape index (κ1) is 12.4. The van der Waals surface area contributed by atoms with Gasteiger partial charge in [-0.1, -0.05) is 29.4 Å². The van der Waals surface area contributed by atoms with E-state index in [1.807, 2.05) is 18.2 Å². The molecule has 0 aliphatic heterocycles. The molecular weight excluding hydrogens is 250 g/mol. The van der Waals surface area contributed by atoms with E-state index in [-0.39, 0.29) is 0 Å². The van der Waals surface area contributed by atoms with Crippen LogP contribution in [0.15, 0.2) is 47.2 Å². The maximum Gasteiger partial charge on any atom is 0.230 e. The molecule has 0 saturated carbocycles. The number of nitrogens with two attached hydrogens (primary N) is 1. The molecule has 0 radical (unpaired) electrons. The van der Waals surface area contributed by atoms with Crippen molar-refractivity contribution in [3.63, 3.8) is 0 Å². The largest absolute Gasteiger partial charge is 0.367 e. The second-order valence-electron chi connectivity index (χ2n) is 4.78. The third kappa shape index (κ3) is 1.95. The summed E-state index contributed by atoms with van der Waals surface area (Å²) < 4.78 is 5.21. The molecule has 0 unspecified atom stereocenters. The van der Waals surface area contributed by atoms with Gasteiger partial charge in [-0.2, -0.15) is 0 Å². The van der Waals surface area contributed by atoms with Gasteiger partial charge in [0.25, 0.3) is 0 Å². The number of anilines is 1. The number of nitrogen functional groups attached to an aromatic ring is 1. The summed E-state index contributed by atoms with van der Waals surface area (Å²) in [5.74, 6) is 0.315. The van der Waals surface area contributed by atoms with E-state index in [0.29, 0.717) is 5.88 Å². The van der Waals surface area contributed by atoms with Crippen LogP contribution >= 0.6 is 0 Å². The average Bonchev–Trinajstić information content (AvgIpc) is 2.81. The quantitative estimate of drug-likeness (QED) is 0.768. The number of hydrogen-bond donors (Lipinski definition) is 1. The minimum Gasteiger partial charge on any atom is -0.367 e. The number of pyridine rings is 1. The molecule has 20 heavy (non-hydrogen) atoms. The van der Waals surface area contributed by atoms with E-state index in [1.54, 1.807) is 12.4 Å². The van der Waals surface area contributed by atoms with Crippen molar-refractivity contribution in [2.45, 2.75) is 13.8 Å². The van der Waals surface area contributed by atoms with Crippen molar-refractivity contribution >= 4 is 5.88 Å². The molecule has 2 heterocycles. The normalized spacial score (nSPS) is 10.7. The van der Waals surface area contributed by atoms with E-state index in [1.165, 1.54) is 0 Å². The van der Waals surface area contributed by atoms with Crippen LogP contribution in [0.1, 0.15) is 11.1 Å². The minimum atomic E-state index is 0.315. The van der Waals surface area contributed by atoms with Gasteiger partial charge in [-0.3, -0.25) is 4.98 Å². The van der Waals surface area contributed by atoms with Crippen molar-refractivity contribution in [2.75, 3.05) is 5.73 Å². The van der Waals surface area contributed by atoms with Crippen LogP contribution < -0.4 is 5.73 Å². The van der Waals surface area contributed by atoms with Gasteiger partial charge in [-0.05, 0) is 31.0 Å². The lowest BCUT2D eigenvalue weighted by atomic mass is 9.95. The molecule has 0 fully saturated rings. The zero-order valence-corrected chi connectivity index (χ0v) is 11.4. The maximum atomic E-state index is 5.95. The van der Waals surface area contributed by atoms with Crippen LogP contribution in [0.4, 0.5) is 5.88 Å². The molecule has 0 spiro atoms. The Bertz CT molecular complexity index is 727. The van der Waals surface area contributed by atoms with Gasteiger partial charge in [0.15, 0.2) is 0 Å². The van der Waals surface area contributed by atoms with Gasteiger partial charge in [0, 0.05) is 23.5 Å². The van der Waals surface area contributed by atoms with Gasteiger partial charge in [-0.15, -0.1) is 0 Å². The van der Waals surface area contributed by atoms with E-state index in [4.69, 9.17) is 10.3 Å². The SMILES string of the molecule is Cc1cccc(C)c1-c1noc(N)c1-c1cccnc1. The Balaban J connectivity index is 2.27. The zero-order valence-electron chi connectivity index (χ0n) is 11.4. The Morgan fingerprint density at radius 1 is 1.00 bits per heavy atom. The van der Waals surface area contributed by atoms with E-state index in [9.17, 15) is 0 Å². The van der Waals surface area contributed by atoms with E-state index in [2.05, 4.69) is 36.1 Å². The average molecular weight is 265 g/mol. The zero-order chi connectivity index (χ0) is 14.1. The summed E-state index contributed by atoms with van der Waals surface area (Å²) in [5, 5.41) is 4.16. The molecule has 4 nitrogen and oxygen atoms in total. The summed E-state index contributed by atoms with van der Waals surface area (Å²) in [6, 6.07) is 9.96. The fourth-order valence-electron chi connectivity index (χ4n) is 2.45. The van der Waals surface area contributed by atoms with Crippen LogP contribution in [0.25, 0.3) is 22.4 Å². The molecule has 0 bridgehead atoms. The second-order valence-corrected chi connectivity index (χ2v) is 4.78. The lowest BCUT2D eigenvalue weighted by molar-refractivity contribution is 0.439. The first-order valence-corrected chi connectivity index (χ1v) is 6.40. The molecule has 3 aromatic rings. The molecule has 1 aromatic carbocycles. The van der Waals surface area contributed by atoms with Crippen LogP contribution in [-0.2, 0) is 0 Å². The van der Waals surface area contributed by atoms with Crippen molar-refractivity contribution in [2.24, 2.45) is 0 Å². The van der Waals surface area contributed by atoms with Crippen LogP contribution in [0.5, 0.6) is 0 Å². The highest BCUT2D eigenvalue weighted by Gasteiger charge is 2.20. The Labute approximate surface area is 117 Å². The summed E-state index contributed by atoms with van der Waals surface area (Å²) in [6.45, 7) is 4.11. The second kappa shape index (κ2) is 4.81. The molecule has 100 valence electrons. The molecule has 0 amide bonds. The molecule has 2 N–H and O–H groups in total. The number of aromatic nitrogens is 2. The lowest BCUT2D eigenvalue weighted by Crippen LogP contribution is -1.92. The van der Waals surface area contributed by atoms with Gasteiger partial charge in [0.05, 0.1) is 5.56 Å². The predicted octanol–water partition coefficient (Wildman–Crippen LogP) is 3.60. The van der Waals surface area contributed by atoms with Crippen LogP contribution in [0.3, 0.4) is 0 Å². The third-order valence-corrected chi connectivity index (χ3v) is 3.39. The molecule has 0 aliphatic carbocycles. The first-order chi connectivity index (χ1) is 9.68. The number of nitrogens with zero attached hydrogens (tertiary/aromatic N) is 2. The van der Waals surface area contributed by atoms with Crippen molar-refractivity contribution in [1.29, 1.82) is 0 Å². The molecule has 3 rings (SSSR count). The Hall–Kier alpha value is -2.62. The molecule has 0 atom stereocenters. The lowest BCUT2D eigenvalue weighted by Gasteiger charge is -2.08. The fourth-order valence-corrected chi connectivity index (χ4v) is 2.45. The first-order valence-electron chi connectivity index (χ1n) is 6.40. The highest BCUT2D eigenvalue weighted by atomic mass is 16.5. The highest BCUT2D eigenvalue weighted by molar-refractivity contribution is 5.88. The smallest absolute Gasteiger partial charge is 0.230 e. The predicted molar refractivity (Wildman–Crippen MR) is 79.1 cm³/mol. The van der Waals surface area contributed by atoms with Crippen LogP contribution in [0.2, 0.25) is 0 Å². The van der Waals surface area contributed by atoms with Crippen LogP contribution in [-0.4, -0.2) is 10.1 Å². The Morgan fingerprint density at radius 2 is 1.75 bits per heavy atom. The van der Waals surface area contributed by atoms with E-state index in [0.717, 1.165) is 33.5 Å². The van der Waals surface area contributed by atoms with Crippen molar-refractivity contribution in [1.82, 2.24) is 10.1 Å². The summed E-state index contributed by atoms with van der Waals surface area (Å²) in [4.78, 5) is 4.14. The summed E-state index contributed by atoms with van der Waals surface area (Å²) in [5.41, 5.74) is 11.8. The molecule has 0 aliphatic rings. The number of hydrogen-bond acceptors (Lipinski definition) is 4. The highest BCUT2D eigenvalue weighted by Crippen LogP contribution is 2.38. The molecule has 0 saturated heterocycles. The van der Waals surface area contributed by atoms with Crippen molar-refractivity contribution in [3.05, 3.63) is 53.9 Å². The van der Waals surface area contributed by atoms with E-state index >= 15 is 0 Å². The van der Waals surface area contributed by atoms with Gasteiger partial charge < -0.3 is 10.3 Å². The van der Waals surface area contributed by atoms with Gasteiger partial charge in [-0.25, -0.2) is 0 Å². The van der Waals surface area contributed by atoms with Crippen molar-refractivity contribution in [3.8, 4) is 22.4 Å². The maximum absolute atomic E-state index is 5.95. The fraction of sp³-hybridized carbons (Fsp3) is 0.125. The van der Waals surface area contributed by atoms with Gasteiger partial charge in [0.1, 0.15) is 5.69 Å². The monoisotopic (exact) mass is 265 g/mol. The van der Waals surface area contributed by atoms with Crippen LogP contribution in [0, 0.1) is 13.8 Å². The standard InChI is InChI=1S/C16H15N3O/c1-10-5-3-6-11(2)13(10)15-14(16(17)20-19-15)12-7-4-8-18-9-12/h3-9H,17H2,1-2H3. The number of aryl methyl sites for hydroxylation is 2. The van der Waals surface area contributed by atoms with Crippen molar-refractivity contribution < 1.29 is 4.52 Å². The summed E-state index contributed by atoms with van der Waals surface area (Å²) in [7, 11) is 0. The molecule has 2 aromatic heterocycles. The molecular formula is C16H15N3O. The summed E-state index contributed by atoms with van der Waals surface area (Å²) in [6.07, 6.45) is 3.49.